The van der Waals surface area contributed by atoms with Crippen molar-refractivity contribution in [2.45, 2.75) is 20.3 Å². The summed E-state index contributed by atoms with van der Waals surface area (Å²) >= 11 is 0. The third kappa shape index (κ3) is 4.87. The lowest BCUT2D eigenvalue weighted by Crippen LogP contribution is -1.95. The average Bonchev–Trinajstić information content (AvgIpc) is 2.34. The van der Waals surface area contributed by atoms with Gasteiger partial charge in [0.15, 0.2) is 17.3 Å². The molecule has 1 aromatic rings. The molecule has 0 fully saturated rings. The first-order chi connectivity index (χ1) is 8.63. The number of phenols is 1. The molecule has 0 radical (unpaired) electrons. The van der Waals surface area contributed by atoms with Gasteiger partial charge in [0.1, 0.15) is 0 Å². The highest BCUT2D eigenvalue weighted by Crippen LogP contribution is 2.27. The highest BCUT2D eigenvalue weighted by atomic mass is 16.5. The fourth-order valence-electron chi connectivity index (χ4n) is 1.32. The minimum absolute atomic E-state index is 0.0114. The van der Waals surface area contributed by atoms with E-state index in [0.29, 0.717) is 12.4 Å². The first-order valence-corrected chi connectivity index (χ1v) is 5.94. The molecule has 0 aliphatic rings. The number of aromatic hydroxyl groups is 1. The summed E-state index contributed by atoms with van der Waals surface area (Å²) in [4.78, 5) is 10.7. The predicted octanol–water partition coefficient (Wildman–Crippen LogP) is 3.34. The third-order valence-electron chi connectivity index (χ3n) is 2.18. The summed E-state index contributed by atoms with van der Waals surface area (Å²) < 4.78 is 5.42. The molecule has 96 valence electrons. The van der Waals surface area contributed by atoms with Gasteiger partial charge >= 0.3 is 0 Å². The number of hydrogen-bond acceptors (Lipinski definition) is 3. The van der Waals surface area contributed by atoms with Crippen LogP contribution in [0, 0.1) is 0 Å². The summed E-state index contributed by atoms with van der Waals surface area (Å²) in [5.41, 5.74) is 0.909. The van der Waals surface area contributed by atoms with Crippen LogP contribution in [0.1, 0.15) is 25.8 Å². The van der Waals surface area contributed by atoms with Gasteiger partial charge in [-0.15, -0.1) is 0 Å². The number of phenolic OH excluding ortho intramolecular Hbond substituents is 1. The number of carbonyl (C=O) groups excluding carboxylic acids is 1. The lowest BCUT2D eigenvalue weighted by atomic mass is 10.2. The zero-order valence-corrected chi connectivity index (χ0v) is 10.7. The van der Waals surface area contributed by atoms with Crippen molar-refractivity contribution in [1.82, 2.24) is 0 Å². The van der Waals surface area contributed by atoms with Crippen LogP contribution in [0.15, 0.2) is 36.4 Å². The summed E-state index contributed by atoms with van der Waals surface area (Å²) in [6.07, 6.45) is 7.68. The van der Waals surface area contributed by atoms with Crippen molar-refractivity contribution in [3.05, 3.63) is 42.0 Å². The predicted molar refractivity (Wildman–Crippen MR) is 72.7 cm³/mol. The Labute approximate surface area is 107 Å². The molecule has 1 aromatic carbocycles. The molecular weight excluding hydrogens is 228 g/mol. The van der Waals surface area contributed by atoms with Crippen LogP contribution < -0.4 is 4.74 Å². The Bertz CT molecular complexity index is 459. The van der Waals surface area contributed by atoms with E-state index < -0.39 is 0 Å². The molecule has 3 nitrogen and oxygen atoms in total. The van der Waals surface area contributed by atoms with Crippen LogP contribution in [0.25, 0.3) is 6.08 Å². The first-order valence-electron chi connectivity index (χ1n) is 5.94. The standard InChI is InChI=1S/C15H18O3/c1-3-10-18-15-11-13(8-9-14(15)17)7-5-4-6-12(2)16/h4-9,11,17H,3,10H2,1-2H3. The molecule has 0 aliphatic heterocycles. The molecule has 0 unspecified atom stereocenters. The smallest absolute Gasteiger partial charge is 0.161 e. The molecule has 3 heteroatoms. The van der Waals surface area contributed by atoms with Gasteiger partial charge in [-0.05, 0) is 37.1 Å². The number of ether oxygens (including phenoxy) is 1. The summed E-state index contributed by atoms with van der Waals surface area (Å²) in [6.45, 7) is 4.08. The van der Waals surface area contributed by atoms with Crippen molar-refractivity contribution in [2.75, 3.05) is 6.61 Å². The van der Waals surface area contributed by atoms with Crippen LogP contribution in [0.2, 0.25) is 0 Å². The number of hydrogen-bond donors (Lipinski definition) is 1. The van der Waals surface area contributed by atoms with Gasteiger partial charge in [-0.3, -0.25) is 4.79 Å². The fraction of sp³-hybridized carbons (Fsp3) is 0.267. The lowest BCUT2D eigenvalue weighted by Gasteiger charge is -2.07. The van der Waals surface area contributed by atoms with Crippen molar-refractivity contribution in [3.8, 4) is 11.5 Å². The quantitative estimate of drug-likeness (QED) is 0.618. The molecule has 0 aliphatic carbocycles. The molecule has 0 spiro atoms. The molecule has 1 N–H and O–H groups in total. The molecule has 0 heterocycles. The van der Waals surface area contributed by atoms with Gasteiger partial charge in [-0.25, -0.2) is 0 Å². The second-order valence-corrected chi connectivity index (χ2v) is 3.90. The number of allylic oxidation sites excluding steroid dienone is 3. The Hall–Kier alpha value is -2.03. The molecule has 0 aromatic heterocycles. The largest absolute Gasteiger partial charge is 0.504 e. The van der Waals surface area contributed by atoms with Gasteiger partial charge in [-0.2, -0.15) is 0 Å². The van der Waals surface area contributed by atoms with Gasteiger partial charge in [0.2, 0.25) is 0 Å². The van der Waals surface area contributed by atoms with E-state index >= 15 is 0 Å². The van der Waals surface area contributed by atoms with Crippen molar-refractivity contribution in [2.24, 2.45) is 0 Å². The lowest BCUT2D eigenvalue weighted by molar-refractivity contribution is -0.112. The maximum absolute atomic E-state index is 10.7. The molecule has 0 bridgehead atoms. The second-order valence-electron chi connectivity index (χ2n) is 3.90. The number of rotatable bonds is 6. The molecular formula is C15H18O3. The van der Waals surface area contributed by atoms with E-state index in [0.717, 1.165) is 12.0 Å². The second kappa shape index (κ2) is 7.33. The molecule has 0 atom stereocenters. The van der Waals surface area contributed by atoms with E-state index in [1.807, 2.05) is 13.0 Å². The zero-order valence-electron chi connectivity index (χ0n) is 10.7. The van der Waals surface area contributed by atoms with Crippen LogP contribution in [0.5, 0.6) is 11.5 Å². The molecule has 0 saturated heterocycles. The van der Waals surface area contributed by atoms with Crippen molar-refractivity contribution in [3.63, 3.8) is 0 Å². The number of benzene rings is 1. The normalized spacial score (nSPS) is 11.2. The monoisotopic (exact) mass is 246 g/mol. The van der Waals surface area contributed by atoms with Gasteiger partial charge in [0.05, 0.1) is 6.61 Å². The highest BCUT2D eigenvalue weighted by Gasteiger charge is 2.01. The fourth-order valence-corrected chi connectivity index (χ4v) is 1.32. The molecule has 1 rings (SSSR count). The van der Waals surface area contributed by atoms with Gasteiger partial charge in [0.25, 0.3) is 0 Å². The van der Waals surface area contributed by atoms with E-state index in [4.69, 9.17) is 4.74 Å². The van der Waals surface area contributed by atoms with E-state index in [9.17, 15) is 9.90 Å². The third-order valence-corrected chi connectivity index (χ3v) is 2.18. The van der Waals surface area contributed by atoms with Crippen LogP contribution >= 0.6 is 0 Å². The Morgan fingerprint density at radius 3 is 2.83 bits per heavy atom. The van der Waals surface area contributed by atoms with Crippen LogP contribution in [-0.2, 0) is 4.79 Å². The Kier molecular flexibility index (Phi) is 5.71. The highest BCUT2D eigenvalue weighted by molar-refractivity contribution is 5.87. The zero-order chi connectivity index (χ0) is 13.4. The molecule has 0 saturated carbocycles. The summed E-state index contributed by atoms with van der Waals surface area (Å²) in [7, 11) is 0. The van der Waals surface area contributed by atoms with Crippen LogP contribution in [0.4, 0.5) is 0 Å². The van der Waals surface area contributed by atoms with E-state index in [1.165, 1.54) is 13.0 Å². The van der Waals surface area contributed by atoms with Gasteiger partial charge in [-0.1, -0.05) is 31.2 Å². The topological polar surface area (TPSA) is 46.5 Å². The Morgan fingerprint density at radius 1 is 1.39 bits per heavy atom. The van der Waals surface area contributed by atoms with Crippen molar-refractivity contribution < 1.29 is 14.6 Å². The molecule has 18 heavy (non-hydrogen) atoms. The number of ketones is 1. The van der Waals surface area contributed by atoms with Gasteiger partial charge in [0, 0.05) is 0 Å². The number of carbonyl (C=O) groups is 1. The summed E-state index contributed by atoms with van der Waals surface area (Å²) in [5.74, 6) is 0.631. The van der Waals surface area contributed by atoms with E-state index in [1.54, 1.807) is 30.4 Å². The SMILES string of the molecule is CCCOc1cc(C=CC=CC(C)=O)ccc1O. The van der Waals surface area contributed by atoms with Crippen molar-refractivity contribution in [1.29, 1.82) is 0 Å². The van der Waals surface area contributed by atoms with Gasteiger partial charge < -0.3 is 9.84 Å². The summed E-state index contributed by atoms with van der Waals surface area (Å²) in [6, 6.07) is 5.15. The average molecular weight is 246 g/mol. The summed E-state index contributed by atoms with van der Waals surface area (Å²) in [5, 5.41) is 9.60. The molecule has 0 amide bonds. The minimum Gasteiger partial charge on any atom is -0.504 e. The Morgan fingerprint density at radius 2 is 2.17 bits per heavy atom. The maximum atomic E-state index is 10.7. The minimum atomic E-state index is 0.0114. The van der Waals surface area contributed by atoms with Crippen molar-refractivity contribution >= 4 is 11.9 Å². The maximum Gasteiger partial charge on any atom is 0.161 e. The van der Waals surface area contributed by atoms with E-state index in [2.05, 4.69) is 0 Å². The van der Waals surface area contributed by atoms with Crippen LogP contribution in [-0.4, -0.2) is 17.5 Å². The van der Waals surface area contributed by atoms with E-state index in [-0.39, 0.29) is 11.5 Å². The first kappa shape index (κ1) is 14.0. The Balaban J connectivity index is 2.75. The van der Waals surface area contributed by atoms with Crippen LogP contribution in [0.3, 0.4) is 0 Å².